The number of sulfonamides is 1. The monoisotopic (exact) mass is 506 g/mol. The Kier molecular flexibility index (Phi) is 6.04. The summed E-state index contributed by atoms with van der Waals surface area (Å²) in [5, 5.41) is 2.88. The van der Waals surface area contributed by atoms with Crippen LogP contribution in [-0.2, 0) is 10.0 Å². The number of halogens is 1. The highest BCUT2D eigenvalue weighted by Gasteiger charge is 2.21. The fraction of sp³-hybridized carbons (Fsp3) is 0.0952. The molecule has 5 nitrogen and oxygen atoms in total. The molecule has 0 saturated carbocycles. The van der Waals surface area contributed by atoms with Gasteiger partial charge in [0, 0.05) is 21.9 Å². The highest BCUT2D eigenvalue weighted by atomic mass is 127. The van der Waals surface area contributed by atoms with Crippen molar-refractivity contribution in [3.05, 3.63) is 87.5 Å². The zero-order valence-corrected chi connectivity index (χ0v) is 18.4. The lowest BCUT2D eigenvalue weighted by Gasteiger charge is -2.19. The summed E-state index contributed by atoms with van der Waals surface area (Å²) in [6.45, 7) is 1.93. The van der Waals surface area contributed by atoms with Gasteiger partial charge in [-0.15, -0.1) is 0 Å². The molecule has 0 aliphatic carbocycles. The van der Waals surface area contributed by atoms with E-state index in [2.05, 4.69) is 27.9 Å². The minimum absolute atomic E-state index is 0.216. The van der Waals surface area contributed by atoms with Crippen LogP contribution in [0.25, 0.3) is 0 Å². The highest BCUT2D eigenvalue weighted by Crippen LogP contribution is 2.23. The number of aryl methyl sites for hydroxylation is 1. The Bertz CT molecular complexity index is 1100. The Balaban J connectivity index is 1.78. The van der Waals surface area contributed by atoms with Gasteiger partial charge in [-0.25, -0.2) is 8.42 Å². The molecule has 0 saturated heterocycles. The summed E-state index contributed by atoms with van der Waals surface area (Å²) in [5.41, 5.74) is 2.65. The van der Waals surface area contributed by atoms with E-state index < -0.39 is 10.0 Å². The van der Waals surface area contributed by atoms with Gasteiger partial charge in [-0.05, 0) is 89.7 Å². The smallest absolute Gasteiger partial charge is 0.264 e. The van der Waals surface area contributed by atoms with E-state index in [-0.39, 0.29) is 10.8 Å². The maximum atomic E-state index is 12.7. The van der Waals surface area contributed by atoms with Crippen molar-refractivity contribution in [1.29, 1.82) is 0 Å². The highest BCUT2D eigenvalue weighted by molar-refractivity contribution is 14.1. The van der Waals surface area contributed by atoms with Crippen LogP contribution in [0.3, 0.4) is 0 Å². The Morgan fingerprint density at radius 2 is 1.61 bits per heavy atom. The zero-order chi connectivity index (χ0) is 20.3. The first kappa shape index (κ1) is 20.3. The maximum absolute atomic E-state index is 12.7. The number of amides is 1. The molecule has 144 valence electrons. The molecule has 0 bridgehead atoms. The van der Waals surface area contributed by atoms with E-state index in [1.54, 1.807) is 54.6 Å². The van der Waals surface area contributed by atoms with Gasteiger partial charge in [0.25, 0.3) is 15.9 Å². The van der Waals surface area contributed by atoms with Crippen molar-refractivity contribution in [3.8, 4) is 0 Å². The normalized spacial score (nSPS) is 11.1. The average Bonchev–Trinajstić information content (AvgIpc) is 2.70. The first-order valence-corrected chi connectivity index (χ1v) is 11.0. The van der Waals surface area contributed by atoms with Gasteiger partial charge in [-0.1, -0.05) is 18.2 Å². The van der Waals surface area contributed by atoms with E-state index >= 15 is 0 Å². The first-order chi connectivity index (χ1) is 13.3. The zero-order valence-electron chi connectivity index (χ0n) is 15.4. The minimum atomic E-state index is -3.65. The maximum Gasteiger partial charge on any atom is 0.264 e. The number of hydrogen-bond donors (Lipinski definition) is 1. The van der Waals surface area contributed by atoms with Crippen molar-refractivity contribution in [2.45, 2.75) is 11.8 Å². The molecule has 3 aromatic rings. The number of carbonyl (C=O) groups excluding carboxylic acids is 1. The molecule has 0 unspecified atom stereocenters. The quantitative estimate of drug-likeness (QED) is 0.512. The molecule has 0 atom stereocenters. The van der Waals surface area contributed by atoms with E-state index in [1.165, 1.54) is 11.4 Å². The molecule has 3 aromatic carbocycles. The van der Waals surface area contributed by atoms with E-state index in [4.69, 9.17) is 0 Å². The Morgan fingerprint density at radius 3 is 2.21 bits per heavy atom. The van der Waals surface area contributed by atoms with Gasteiger partial charge in [0.1, 0.15) is 0 Å². The lowest BCUT2D eigenvalue weighted by Crippen LogP contribution is -2.26. The van der Waals surface area contributed by atoms with Crippen LogP contribution in [-0.4, -0.2) is 21.4 Å². The predicted molar refractivity (Wildman–Crippen MR) is 120 cm³/mol. The van der Waals surface area contributed by atoms with Crippen molar-refractivity contribution in [2.75, 3.05) is 16.7 Å². The molecule has 28 heavy (non-hydrogen) atoms. The van der Waals surface area contributed by atoms with Crippen LogP contribution in [0.4, 0.5) is 11.4 Å². The molecule has 0 aliphatic rings. The van der Waals surface area contributed by atoms with Crippen LogP contribution in [0.2, 0.25) is 0 Å². The Hall–Kier alpha value is -2.39. The molecule has 0 spiro atoms. The molecule has 0 fully saturated rings. The molecule has 7 heteroatoms. The molecule has 0 aromatic heterocycles. The van der Waals surface area contributed by atoms with Gasteiger partial charge in [-0.2, -0.15) is 0 Å². The van der Waals surface area contributed by atoms with Crippen molar-refractivity contribution in [3.63, 3.8) is 0 Å². The van der Waals surface area contributed by atoms with Gasteiger partial charge in [0.15, 0.2) is 0 Å². The third kappa shape index (κ3) is 4.36. The topological polar surface area (TPSA) is 66.5 Å². The Labute approximate surface area is 178 Å². The number of rotatable bonds is 5. The fourth-order valence-corrected chi connectivity index (χ4v) is 4.54. The molecule has 0 heterocycles. The number of nitrogens with one attached hydrogen (secondary N) is 1. The summed E-state index contributed by atoms with van der Waals surface area (Å²) in [7, 11) is -2.16. The van der Waals surface area contributed by atoms with Gasteiger partial charge < -0.3 is 5.32 Å². The van der Waals surface area contributed by atoms with E-state index in [1.807, 2.05) is 25.1 Å². The fourth-order valence-electron chi connectivity index (χ4n) is 2.67. The van der Waals surface area contributed by atoms with Gasteiger partial charge in [-0.3, -0.25) is 9.10 Å². The summed E-state index contributed by atoms with van der Waals surface area (Å²) in [5.74, 6) is -0.246. The number of carbonyl (C=O) groups is 1. The van der Waals surface area contributed by atoms with Crippen molar-refractivity contribution < 1.29 is 13.2 Å². The molecule has 1 amide bonds. The molecular weight excluding hydrogens is 487 g/mol. The van der Waals surface area contributed by atoms with Crippen molar-refractivity contribution in [2.24, 2.45) is 0 Å². The largest absolute Gasteiger partial charge is 0.322 e. The third-order valence-electron chi connectivity index (χ3n) is 4.33. The summed E-state index contributed by atoms with van der Waals surface area (Å²) in [6.07, 6.45) is 0. The second-order valence-electron chi connectivity index (χ2n) is 6.25. The second-order valence-corrected chi connectivity index (χ2v) is 9.46. The van der Waals surface area contributed by atoms with Crippen LogP contribution >= 0.6 is 22.6 Å². The number of benzene rings is 3. The standard InChI is InChI=1S/C21H19IN2O3S/c1-15-14-17(22)10-13-20(15)23-21(25)16-8-11-18(12-9-16)24(2)28(26,27)19-6-4-3-5-7-19/h3-14H,1-2H3,(H,23,25). The third-order valence-corrected chi connectivity index (χ3v) is 6.80. The average molecular weight is 506 g/mol. The van der Waals surface area contributed by atoms with Crippen LogP contribution in [0, 0.1) is 10.5 Å². The molecule has 0 aliphatic heterocycles. The Morgan fingerprint density at radius 1 is 0.964 bits per heavy atom. The predicted octanol–water partition coefficient (Wildman–Crippen LogP) is 4.68. The minimum Gasteiger partial charge on any atom is -0.322 e. The van der Waals surface area contributed by atoms with Gasteiger partial charge in [0.2, 0.25) is 0 Å². The van der Waals surface area contributed by atoms with Crippen LogP contribution < -0.4 is 9.62 Å². The van der Waals surface area contributed by atoms with E-state index in [0.29, 0.717) is 11.3 Å². The number of hydrogen-bond acceptors (Lipinski definition) is 3. The lowest BCUT2D eigenvalue weighted by atomic mass is 10.1. The molecule has 1 N–H and O–H groups in total. The van der Waals surface area contributed by atoms with Crippen LogP contribution in [0.5, 0.6) is 0 Å². The van der Waals surface area contributed by atoms with E-state index in [0.717, 1.165) is 14.8 Å². The molecular formula is C21H19IN2O3S. The lowest BCUT2D eigenvalue weighted by molar-refractivity contribution is 0.102. The number of nitrogens with zero attached hydrogens (tertiary/aromatic N) is 1. The summed E-state index contributed by atoms with van der Waals surface area (Å²) < 4.78 is 27.7. The van der Waals surface area contributed by atoms with Crippen molar-refractivity contribution in [1.82, 2.24) is 0 Å². The SMILES string of the molecule is Cc1cc(I)ccc1NC(=O)c1ccc(N(C)S(=O)(=O)c2ccccc2)cc1. The van der Waals surface area contributed by atoms with Crippen molar-refractivity contribution >= 4 is 49.9 Å². The van der Waals surface area contributed by atoms with E-state index in [9.17, 15) is 13.2 Å². The molecule has 0 radical (unpaired) electrons. The summed E-state index contributed by atoms with van der Waals surface area (Å²) in [6, 6.07) is 20.5. The summed E-state index contributed by atoms with van der Waals surface area (Å²) >= 11 is 2.22. The molecule has 3 rings (SSSR count). The summed E-state index contributed by atoms with van der Waals surface area (Å²) in [4.78, 5) is 12.7. The van der Waals surface area contributed by atoms with Crippen LogP contribution in [0.15, 0.2) is 77.7 Å². The van der Waals surface area contributed by atoms with Gasteiger partial charge >= 0.3 is 0 Å². The second kappa shape index (κ2) is 8.32. The van der Waals surface area contributed by atoms with Crippen LogP contribution in [0.1, 0.15) is 15.9 Å². The number of anilines is 2. The first-order valence-electron chi connectivity index (χ1n) is 8.50. The van der Waals surface area contributed by atoms with Gasteiger partial charge in [0.05, 0.1) is 10.6 Å².